The van der Waals surface area contributed by atoms with Gasteiger partial charge in [0.05, 0.1) is 13.2 Å². The second-order valence-corrected chi connectivity index (χ2v) is 7.05. The van der Waals surface area contributed by atoms with Crippen molar-refractivity contribution in [3.63, 3.8) is 0 Å². The molecule has 2 fully saturated rings. The molecule has 0 atom stereocenters. The number of morpholine rings is 1. The number of methoxy groups -OCH3 is 1. The highest BCUT2D eigenvalue weighted by Gasteiger charge is 2.29. The Hall–Kier alpha value is -2.00. The third-order valence-electron chi connectivity index (χ3n) is 4.66. The molecular weight excluding hydrogens is 378 g/mol. The van der Waals surface area contributed by atoms with E-state index in [1.165, 1.54) is 0 Å². The molecule has 2 saturated heterocycles. The Morgan fingerprint density at radius 2 is 1.93 bits per heavy atom. The molecule has 1 aromatic rings. The largest absolute Gasteiger partial charge is 0.492 e. The monoisotopic (exact) mass is 405 g/mol. The van der Waals surface area contributed by atoms with Crippen molar-refractivity contribution in [3.05, 3.63) is 35.5 Å². The van der Waals surface area contributed by atoms with Gasteiger partial charge in [-0.3, -0.25) is 14.6 Å². The fourth-order valence-corrected chi connectivity index (χ4v) is 3.37. The summed E-state index contributed by atoms with van der Waals surface area (Å²) in [5.74, 6) is 0.713. The van der Waals surface area contributed by atoms with Gasteiger partial charge in [-0.15, -0.1) is 0 Å². The SMILES string of the molecule is COCCCN1C(=O)/C(=C\c2ccc(OCCN3CCOCC3)cc2)NC1=S. The Morgan fingerprint density at radius 3 is 2.64 bits per heavy atom. The zero-order chi connectivity index (χ0) is 19.8. The summed E-state index contributed by atoms with van der Waals surface area (Å²) in [5.41, 5.74) is 1.40. The topological polar surface area (TPSA) is 63.3 Å². The van der Waals surface area contributed by atoms with Crippen molar-refractivity contribution in [1.29, 1.82) is 0 Å². The summed E-state index contributed by atoms with van der Waals surface area (Å²) in [6.07, 6.45) is 2.55. The first-order valence-corrected chi connectivity index (χ1v) is 9.94. The van der Waals surface area contributed by atoms with E-state index in [0.717, 1.165) is 50.6 Å². The number of nitrogens with zero attached hydrogens (tertiary/aromatic N) is 2. The number of hydrogen-bond acceptors (Lipinski definition) is 6. The van der Waals surface area contributed by atoms with Crippen molar-refractivity contribution in [2.24, 2.45) is 0 Å². The molecule has 0 radical (unpaired) electrons. The molecule has 0 aliphatic carbocycles. The van der Waals surface area contributed by atoms with Crippen molar-refractivity contribution >= 4 is 29.3 Å². The highest BCUT2D eigenvalue weighted by molar-refractivity contribution is 7.80. The van der Waals surface area contributed by atoms with Gasteiger partial charge >= 0.3 is 0 Å². The average Bonchev–Trinajstić information content (AvgIpc) is 2.97. The highest BCUT2D eigenvalue weighted by Crippen LogP contribution is 2.17. The lowest BCUT2D eigenvalue weighted by atomic mass is 10.2. The first kappa shape index (κ1) is 20.7. The molecule has 152 valence electrons. The van der Waals surface area contributed by atoms with Crippen LogP contribution in [0.5, 0.6) is 5.75 Å². The predicted octanol–water partition coefficient (Wildman–Crippen LogP) is 1.49. The van der Waals surface area contributed by atoms with Gasteiger partial charge in [0, 0.05) is 39.9 Å². The van der Waals surface area contributed by atoms with E-state index in [1.54, 1.807) is 12.0 Å². The maximum absolute atomic E-state index is 12.5. The van der Waals surface area contributed by atoms with E-state index in [4.69, 9.17) is 26.4 Å². The molecule has 0 unspecified atom stereocenters. The van der Waals surface area contributed by atoms with Crippen LogP contribution in [-0.2, 0) is 14.3 Å². The van der Waals surface area contributed by atoms with E-state index < -0.39 is 0 Å². The predicted molar refractivity (Wildman–Crippen MR) is 111 cm³/mol. The van der Waals surface area contributed by atoms with Gasteiger partial charge in [0.15, 0.2) is 5.11 Å². The number of carbonyl (C=O) groups excluding carboxylic acids is 1. The minimum atomic E-state index is -0.105. The maximum atomic E-state index is 12.5. The van der Waals surface area contributed by atoms with Crippen LogP contribution in [0.15, 0.2) is 30.0 Å². The van der Waals surface area contributed by atoms with Gasteiger partial charge in [0.1, 0.15) is 18.1 Å². The Bertz CT molecular complexity index is 702. The molecule has 8 heteroatoms. The molecule has 7 nitrogen and oxygen atoms in total. The van der Waals surface area contributed by atoms with Gasteiger partial charge < -0.3 is 19.5 Å². The molecule has 2 aliphatic rings. The van der Waals surface area contributed by atoms with E-state index in [-0.39, 0.29) is 5.91 Å². The minimum Gasteiger partial charge on any atom is -0.492 e. The minimum absolute atomic E-state index is 0.105. The second-order valence-electron chi connectivity index (χ2n) is 6.66. The summed E-state index contributed by atoms with van der Waals surface area (Å²) < 4.78 is 16.2. The van der Waals surface area contributed by atoms with Gasteiger partial charge in [-0.1, -0.05) is 12.1 Å². The summed E-state index contributed by atoms with van der Waals surface area (Å²) in [6.45, 7) is 6.19. The van der Waals surface area contributed by atoms with Crippen LogP contribution in [0.1, 0.15) is 12.0 Å². The molecule has 1 aromatic carbocycles. The quantitative estimate of drug-likeness (QED) is 0.379. The lowest BCUT2D eigenvalue weighted by molar-refractivity contribution is -0.122. The van der Waals surface area contributed by atoms with Crippen LogP contribution < -0.4 is 10.1 Å². The summed E-state index contributed by atoms with van der Waals surface area (Å²) >= 11 is 5.26. The number of hydrogen-bond donors (Lipinski definition) is 1. The van der Waals surface area contributed by atoms with Gasteiger partial charge in [-0.05, 0) is 42.4 Å². The van der Waals surface area contributed by atoms with Crippen LogP contribution in [0.25, 0.3) is 6.08 Å². The second kappa shape index (κ2) is 10.5. The van der Waals surface area contributed by atoms with Gasteiger partial charge in [0.2, 0.25) is 0 Å². The first-order chi connectivity index (χ1) is 13.7. The molecular formula is C20H27N3O4S. The highest BCUT2D eigenvalue weighted by atomic mass is 32.1. The summed E-state index contributed by atoms with van der Waals surface area (Å²) in [5, 5.41) is 3.44. The van der Waals surface area contributed by atoms with E-state index in [0.29, 0.717) is 30.6 Å². The number of amides is 1. The smallest absolute Gasteiger partial charge is 0.276 e. The number of ether oxygens (including phenoxy) is 3. The van der Waals surface area contributed by atoms with E-state index >= 15 is 0 Å². The summed E-state index contributed by atoms with van der Waals surface area (Å²) in [7, 11) is 1.64. The molecule has 0 spiro atoms. The molecule has 0 bridgehead atoms. The summed E-state index contributed by atoms with van der Waals surface area (Å²) in [6, 6.07) is 7.70. The average molecular weight is 406 g/mol. The number of rotatable bonds is 9. The van der Waals surface area contributed by atoms with Crippen molar-refractivity contribution < 1.29 is 19.0 Å². The van der Waals surface area contributed by atoms with Crippen molar-refractivity contribution in [3.8, 4) is 5.75 Å². The Kier molecular flexibility index (Phi) is 7.79. The van der Waals surface area contributed by atoms with Crippen LogP contribution in [0, 0.1) is 0 Å². The molecule has 28 heavy (non-hydrogen) atoms. The standard InChI is InChI=1S/C20H27N3O4S/c1-25-11-2-7-23-19(24)18(21-20(23)28)15-16-3-5-17(6-4-16)27-14-10-22-8-12-26-13-9-22/h3-6,15H,2,7-14H2,1H3,(H,21,28)/b18-15+. The van der Waals surface area contributed by atoms with Crippen LogP contribution in [0.4, 0.5) is 0 Å². The number of thiocarbonyl (C=S) groups is 1. The molecule has 0 saturated carbocycles. The Labute approximate surface area is 171 Å². The zero-order valence-corrected chi connectivity index (χ0v) is 17.0. The van der Waals surface area contributed by atoms with E-state index in [9.17, 15) is 4.79 Å². The molecule has 2 heterocycles. The van der Waals surface area contributed by atoms with Crippen LogP contribution >= 0.6 is 12.2 Å². The third kappa shape index (κ3) is 5.75. The Morgan fingerprint density at radius 1 is 1.18 bits per heavy atom. The third-order valence-corrected chi connectivity index (χ3v) is 4.99. The molecule has 2 aliphatic heterocycles. The fourth-order valence-electron chi connectivity index (χ4n) is 3.09. The van der Waals surface area contributed by atoms with Crippen LogP contribution in [0.2, 0.25) is 0 Å². The molecule has 0 aromatic heterocycles. The first-order valence-electron chi connectivity index (χ1n) is 9.54. The zero-order valence-electron chi connectivity index (χ0n) is 16.2. The molecule has 1 N–H and O–H groups in total. The van der Waals surface area contributed by atoms with Gasteiger partial charge in [0.25, 0.3) is 5.91 Å². The fraction of sp³-hybridized carbons (Fsp3) is 0.500. The van der Waals surface area contributed by atoms with Crippen molar-refractivity contribution in [2.45, 2.75) is 6.42 Å². The van der Waals surface area contributed by atoms with Gasteiger partial charge in [-0.25, -0.2) is 0 Å². The van der Waals surface area contributed by atoms with Crippen molar-refractivity contribution in [2.75, 3.05) is 59.7 Å². The van der Waals surface area contributed by atoms with Crippen LogP contribution in [0.3, 0.4) is 0 Å². The normalized spacial score (nSPS) is 19.3. The molecule has 1 amide bonds. The number of carbonyl (C=O) groups is 1. The lowest BCUT2D eigenvalue weighted by Crippen LogP contribution is -2.38. The number of benzene rings is 1. The maximum Gasteiger partial charge on any atom is 0.276 e. The van der Waals surface area contributed by atoms with E-state index in [1.807, 2.05) is 30.3 Å². The van der Waals surface area contributed by atoms with Crippen LogP contribution in [-0.4, -0.2) is 80.5 Å². The number of nitrogens with one attached hydrogen (secondary N) is 1. The summed E-state index contributed by atoms with van der Waals surface area (Å²) in [4.78, 5) is 16.4. The van der Waals surface area contributed by atoms with Crippen molar-refractivity contribution in [1.82, 2.24) is 15.1 Å². The Balaban J connectivity index is 1.50. The lowest BCUT2D eigenvalue weighted by Gasteiger charge is -2.26. The van der Waals surface area contributed by atoms with E-state index in [2.05, 4.69) is 10.2 Å². The molecule has 3 rings (SSSR count). The van der Waals surface area contributed by atoms with Gasteiger partial charge in [-0.2, -0.15) is 0 Å².